The summed E-state index contributed by atoms with van der Waals surface area (Å²) in [7, 11) is 0. The molecule has 3 amide bonds. The van der Waals surface area contributed by atoms with Crippen LogP contribution in [0.4, 0.5) is 15.0 Å². The molecule has 3 aliphatic rings. The summed E-state index contributed by atoms with van der Waals surface area (Å²) < 4.78 is 20.6. The van der Waals surface area contributed by atoms with Crippen LogP contribution in [0.25, 0.3) is 33.2 Å². The number of benzene rings is 3. The number of aromatic nitrogens is 5. The second kappa shape index (κ2) is 18.1. The molecule has 0 saturated carbocycles. The first-order valence-electron chi connectivity index (χ1n) is 21.4. The van der Waals surface area contributed by atoms with E-state index >= 15 is 4.39 Å². The molecule has 6 aromatic rings. The van der Waals surface area contributed by atoms with Crippen molar-refractivity contribution in [1.82, 2.24) is 44.7 Å². The van der Waals surface area contributed by atoms with Crippen LogP contribution in [0.3, 0.4) is 0 Å². The van der Waals surface area contributed by atoms with Gasteiger partial charge in [0.1, 0.15) is 24.1 Å². The van der Waals surface area contributed by atoms with Crippen molar-refractivity contribution in [2.24, 2.45) is 5.92 Å². The van der Waals surface area contributed by atoms with Crippen LogP contribution in [0.1, 0.15) is 41.0 Å². The minimum atomic E-state index is -0.614. The number of likely N-dealkylation sites (tertiary alicyclic amines) is 1. The number of carbonyl (C=O) groups is 3. The maximum atomic E-state index is 15.1. The van der Waals surface area contributed by atoms with E-state index in [2.05, 4.69) is 25.0 Å². The van der Waals surface area contributed by atoms with Gasteiger partial charge in [0.05, 0.1) is 22.2 Å². The largest absolute Gasteiger partial charge is 0.445 e. The molecular weight excluding hydrogens is 792 g/mol. The lowest BCUT2D eigenvalue weighted by atomic mass is 9.94. The number of pyridine rings is 1. The molecule has 3 saturated heterocycles. The van der Waals surface area contributed by atoms with Crippen molar-refractivity contribution in [3.63, 3.8) is 0 Å². The van der Waals surface area contributed by atoms with Crippen molar-refractivity contribution < 1.29 is 23.5 Å². The molecule has 0 unspecified atom stereocenters. The number of halogens is 1. The third-order valence-electron chi connectivity index (χ3n) is 12.3. The number of fused-ring (bicyclic) bond motifs is 2. The second-order valence-electron chi connectivity index (χ2n) is 16.2. The molecule has 3 aromatic carbocycles. The number of piperidine rings is 1. The van der Waals surface area contributed by atoms with Gasteiger partial charge in [0, 0.05) is 75.6 Å². The third kappa shape index (κ3) is 8.86. The van der Waals surface area contributed by atoms with Crippen LogP contribution in [0.2, 0.25) is 0 Å². The van der Waals surface area contributed by atoms with Crippen molar-refractivity contribution >= 4 is 45.7 Å². The monoisotopic (exact) mass is 840 g/mol. The fourth-order valence-corrected chi connectivity index (χ4v) is 8.76. The Balaban J connectivity index is 0.715. The van der Waals surface area contributed by atoms with Crippen LogP contribution >= 0.6 is 0 Å². The average molecular weight is 841 g/mol. The number of aromatic amines is 2. The summed E-state index contributed by atoms with van der Waals surface area (Å²) >= 11 is 0. The molecule has 3 aliphatic heterocycles. The second-order valence-corrected chi connectivity index (χ2v) is 16.2. The summed E-state index contributed by atoms with van der Waals surface area (Å²) in [6.07, 6.45) is 3.02. The lowest BCUT2D eigenvalue weighted by Crippen LogP contribution is -2.53. The number of amides is 3. The zero-order valence-corrected chi connectivity index (χ0v) is 34.5. The number of anilines is 1. The van der Waals surface area contributed by atoms with Crippen LogP contribution in [-0.4, -0.2) is 135 Å². The number of aryl methyl sites for hydroxylation is 1. The first-order valence-corrected chi connectivity index (χ1v) is 21.4. The molecule has 0 aliphatic carbocycles. The van der Waals surface area contributed by atoms with E-state index in [0.717, 1.165) is 68.0 Å². The van der Waals surface area contributed by atoms with Gasteiger partial charge >= 0.3 is 6.09 Å². The van der Waals surface area contributed by atoms with E-state index in [-0.39, 0.29) is 35.6 Å². The number of nitrogens with one attached hydrogen (secondary N) is 2. The van der Waals surface area contributed by atoms with Gasteiger partial charge in [-0.15, -0.1) is 0 Å². The molecule has 0 spiro atoms. The van der Waals surface area contributed by atoms with Crippen molar-refractivity contribution in [2.45, 2.75) is 32.3 Å². The lowest BCUT2D eigenvalue weighted by Gasteiger charge is -2.38. The molecule has 3 aromatic heterocycles. The highest BCUT2D eigenvalue weighted by molar-refractivity contribution is 5.98. The van der Waals surface area contributed by atoms with Gasteiger partial charge in [-0.1, -0.05) is 48.5 Å². The van der Waals surface area contributed by atoms with E-state index in [1.807, 2.05) is 47.4 Å². The van der Waals surface area contributed by atoms with Gasteiger partial charge in [0.2, 0.25) is 5.91 Å². The summed E-state index contributed by atoms with van der Waals surface area (Å²) in [4.78, 5) is 74.7. The number of piperazine rings is 2. The summed E-state index contributed by atoms with van der Waals surface area (Å²) in [5, 5.41) is 7.82. The quantitative estimate of drug-likeness (QED) is 0.190. The Labute approximate surface area is 357 Å². The topological polar surface area (TPSA) is 164 Å². The lowest BCUT2D eigenvalue weighted by molar-refractivity contribution is -0.138. The molecule has 0 bridgehead atoms. The van der Waals surface area contributed by atoms with Crippen molar-refractivity contribution in [3.8, 4) is 11.3 Å². The molecule has 9 rings (SSSR count). The Bertz CT molecular complexity index is 2630. The Morgan fingerprint density at radius 1 is 0.758 bits per heavy atom. The van der Waals surface area contributed by atoms with E-state index < -0.39 is 11.7 Å². The molecule has 16 heteroatoms. The molecule has 2 N–H and O–H groups in total. The van der Waals surface area contributed by atoms with E-state index in [1.54, 1.807) is 40.1 Å². The van der Waals surface area contributed by atoms with Crippen molar-refractivity contribution in [2.75, 3.05) is 76.9 Å². The Morgan fingerprint density at radius 2 is 1.47 bits per heavy atom. The molecular formula is C46H49FN10O5. The van der Waals surface area contributed by atoms with Gasteiger partial charge in [0.15, 0.2) is 5.65 Å². The Hall–Kier alpha value is -6.68. The number of H-pyrrole nitrogens is 2. The third-order valence-corrected chi connectivity index (χ3v) is 12.3. The number of carbonyl (C=O) groups excluding carboxylic acids is 3. The van der Waals surface area contributed by atoms with Gasteiger partial charge in [0.25, 0.3) is 11.5 Å². The first-order chi connectivity index (χ1) is 30.3. The molecule has 0 radical (unpaired) electrons. The zero-order chi connectivity index (χ0) is 42.6. The maximum absolute atomic E-state index is 15.1. The standard InChI is InChI=1S/C46H49FN10O5/c47-37-13-12-33(41-34-9-4-5-10-35(34)43(58)52-51-41)29-36(37)45(60)56-23-21-54(22-24-56)40-15-14-38-42(50-40)49-39(48-38)11-6-18-53-19-16-32(17-20-53)44(59)55-25-27-57(28-26-55)46(61)62-30-31-7-2-1-3-8-31/h1-5,7-10,12-15,29,32H,6,11,16-28,30H2,(H,52,58)(H,48,49,50). The highest BCUT2D eigenvalue weighted by Crippen LogP contribution is 2.28. The molecule has 62 heavy (non-hydrogen) atoms. The van der Waals surface area contributed by atoms with E-state index in [0.29, 0.717) is 80.0 Å². The van der Waals surface area contributed by atoms with E-state index in [1.165, 1.54) is 12.1 Å². The minimum Gasteiger partial charge on any atom is -0.445 e. The number of hydrogen-bond donors (Lipinski definition) is 2. The van der Waals surface area contributed by atoms with Crippen LogP contribution in [0, 0.1) is 11.7 Å². The molecule has 320 valence electrons. The summed E-state index contributed by atoms with van der Waals surface area (Å²) in [5.41, 5.74) is 3.10. The van der Waals surface area contributed by atoms with Crippen LogP contribution in [-0.2, 0) is 22.6 Å². The summed E-state index contributed by atoms with van der Waals surface area (Å²) in [6, 6.07) is 25.0. The van der Waals surface area contributed by atoms with Crippen molar-refractivity contribution in [3.05, 3.63) is 118 Å². The van der Waals surface area contributed by atoms with Gasteiger partial charge in [-0.05, 0) is 80.9 Å². The van der Waals surface area contributed by atoms with E-state index in [4.69, 9.17) is 14.7 Å². The number of nitrogens with zero attached hydrogens (tertiary/aromatic N) is 8. The molecule has 6 heterocycles. The van der Waals surface area contributed by atoms with Gasteiger partial charge < -0.3 is 34.2 Å². The first kappa shape index (κ1) is 40.7. The predicted octanol–water partition coefficient (Wildman–Crippen LogP) is 5.09. The zero-order valence-electron chi connectivity index (χ0n) is 34.5. The number of hydrogen-bond acceptors (Lipinski definition) is 10. The SMILES string of the molecule is O=C(OCc1ccccc1)N1CCN(C(=O)C2CCN(CCCc3nc4nc(N5CCN(C(=O)c6cc(-c7n[nH]c(=O)c8ccccc78)ccc6F)CC5)ccc4[nH]3)CC2)CC1. The summed E-state index contributed by atoms with van der Waals surface area (Å²) in [5.74, 6) is 0.837. The van der Waals surface area contributed by atoms with Crippen LogP contribution in [0.15, 0.2) is 89.7 Å². The molecule has 0 atom stereocenters. The average Bonchev–Trinajstić information content (AvgIpc) is 3.74. The molecule has 3 fully saturated rings. The highest BCUT2D eigenvalue weighted by atomic mass is 19.1. The number of ether oxygens (including phenoxy) is 1. The minimum absolute atomic E-state index is 0.0101. The Kier molecular flexibility index (Phi) is 11.9. The van der Waals surface area contributed by atoms with Gasteiger partial charge in [-0.3, -0.25) is 14.4 Å². The summed E-state index contributed by atoms with van der Waals surface area (Å²) in [6.45, 7) is 6.77. The Morgan fingerprint density at radius 3 is 2.24 bits per heavy atom. The number of rotatable bonds is 10. The van der Waals surface area contributed by atoms with Gasteiger partial charge in [-0.2, -0.15) is 5.10 Å². The molecule has 15 nitrogen and oxygen atoms in total. The predicted molar refractivity (Wildman–Crippen MR) is 232 cm³/mol. The highest BCUT2D eigenvalue weighted by Gasteiger charge is 2.32. The van der Waals surface area contributed by atoms with Gasteiger partial charge in [-0.25, -0.2) is 24.3 Å². The number of imidazole rings is 1. The normalized spacial score (nSPS) is 16.6. The van der Waals surface area contributed by atoms with Crippen molar-refractivity contribution in [1.29, 1.82) is 0 Å². The smallest absolute Gasteiger partial charge is 0.410 e. The van der Waals surface area contributed by atoms with Crippen LogP contribution in [0.5, 0.6) is 0 Å². The maximum Gasteiger partial charge on any atom is 0.410 e. The fraction of sp³-hybridized carbons (Fsp3) is 0.370. The van der Waals surface area contributed by atoms with Crippen LogP contribution < -0.4 is 10.5 Å². The van der Waals surface area contributed by atoms with E-state index in [9.17, 15) is 19.2 Å². The fourth-order valence-electron chi connectivity index (χ4n) is 8.76.